The Morgan fingerprint density at radius 3 is 2.37 bits per heavy atom. The van der Waals surface area contributed by atoms with Gasteiger partial charge in [0.1, 0.15) is 0 Å². The Kier molecular flexibility index (Phi) is 9.29. The largest absolute Gasteiger partial charge is 0.314 e. The molecule has 0 bridgehead atoms. The standard InChI is InChI=1S/C14H24N2S.2ClH/c1-4-11(2)14(13-6-5-12(3)17-13)16-9-7-15-8-10-16;;/h5-6,11,14-15H,4,7-10H2,1-3H3;2*1H/t11?,14-;;/m0../s1. The Morgan fingerprint density at radius 2 is 1.89 bits per heavy atom. The minimum Gasteiger partial charge on any atom is -0.314 e. The highest BCUT2D eigenvalue weighted by atomic mass is 35.5. The molecule has 2 nitrogen and oxygen atoms in total. The molecule has 2 atom stereocenters. The second kappa shape index (κ2) is 9.19. The van der Waals surface area contributed by atoms with Crippen LogP contribution in [0.1, 0.15) is 36.1 Å². The lowest BCUT2D eigenvalue weighted by Crippen LogP contribution is -2.46. The van der Waals surface area contributed by atoms with Crippen molar-refractivity contribution in [1.29, 1.82) is 0 Å². The molecule has 1 aliphatic heterocycles. The number of rotatable bonds is 4. The number of nitrogens with zero attached hydrogens (tertiary/aromatic N) is 1. The van der Waals surface area contributed by atoms with Crippen molar-refractivity contribution in [2.75, 3.05) is 26.2 Å². The highest BCUT2D eigenvalue weighted by Crippen LogP contribution is 2.34. The van der Waals surface area contributed by atoms with E-state index in [2.05, 4.69) is 43.1 Å². The van der Waals surface area contributed by atoms with Crippen LogP contribution < -0.4 is 5.32 Å². The molecular weight excluding hydrogens is 299 g/mol. The molecule has 1 N–H and O–H groups in total. The zero-order valence-electron chi connectivity index (χ0n) is 12.0. The zero-order chi connectivity index (χ0) is 12.3. The zero-order valence-corrected chi connectivity index (χ0v) is 14.5. The number of hydrogen-bond acceptors (Lipinski definition) is 3. The van der Waals surface area contributed by atoms with Crippen molar-refractivity contribution >= 4 is 36.2 Å². The predicted octanol–water partition coefficient (Wildman–Crippen LogP) is 3.89. The lowest BCUT2D eigenvalue weighted by molar-refractivity contribution is 0.131. The van der Waals surface area contributed by atoms with E-state index in [1.54, 1.807) is 4.88 Å². The summed E-state index contributed by atoms with van der Waals surface area (Å²) in [5.74, 6) is 0.742. The summed E-state index contributed by atoms with van der Waals surface area (Å²) in [4.78, 5) is 5.65. The van der Waals surface area contributed by atoms with Gasteiger partial charge in [0.05, 0.1) is 0 Å². The molecule has 0 spiro atoms. The van der Waals surface area contributed by atoms with Crippen molar-refractivity contribution in [3.05, 3.63) is 21.9 Å². The molecule has 1 aliphatic rings. The molecular formula is C14H26Cl2N2S. The van der Waals surface area contributed by atoms with Crippen LogP contribution in [0.25, 0.3) is 0 Å². The van der Waals surface area contributed by atoms with Gasteiger partial charge in [0, 0.05) is 42.0 Å². The first-order chi connectivity index (χ1) is 8.22. The van der Waals surface area contributed by atoms with Crippen LogP contribution in [0.2, 0.25) is 0 Å². The van der Waals surface area contributed by atoms with Crippen molar-refractivity contribution in [1.82, 2.24) is 10.2 Å². The number of hydrogen-bond donors (Lipinski definition) is 1. The van der Waals surface area contributed by atoms with Gasteiger partial charge in [0.25, 0.3) is 0 Å². The first-order valence-electron chi connectivity index (χ1n) is 6.73. The van der Waals surface area contributed by atoms with E-state index in [0.717, 1.165) is 19.0 Å². The molecule has 1 fully saturated rings. The van der Waals surface area contributed by atoms with Crippen molar-refractivity contribution < 1.29 is 0 Å². The number of piperazine rings is 1. The monoisotopic (exact) mass is 324 g/mol. The van der Waals surface area contributed by atoms with Crippen LogP contribution in [0.4, 0.5) is 0 Å². The van der Waals surface area contributed by atoms with Gasteiger partial charge in [-0.05, 0) is 25.0 Å². The second-order valence-electron chi connectivity index (χ2n) is 5.06. The van der Waals surface area contributed by atoms with E-state index in [4.69, 9.17) is 0 Å². The van der Waals surface area contributed by atoms with Crippen LogP contribution in [0.3, 0.4) is 0 Å². The number of aryl methyl sites for hydroxylation is 1. The van der Waals surface area contributed by atoms with Gasteiger partial charge in [-0.25, -0.2) is 0 Å². The van der Waals surface area contributed by atoms with Crippen LogP contribution in [-0.2, 0) is 0 Å². The van der Waals surface area contributed by atoms with Gasteiger partial charge in [-0.15, -0.1) is 36.2 Å². The molecule has 1 unspecified atom stereocenters. The molecule has 1 saturated heterocycles. The Balaban J connectivity index is 0.00000162. The number of halogens is 2. The van der Waals surface area contributed by atoms with Crippen molar-refractivity contribution in [3.63, 3.8) is 0 Å². The first-order valence-corrected chi connectivity index (χ1v) is 7.55. The molecule has 5 heteroatoms. The first kappa shape index (κ1) is 19.2. The summed E-state index contributed by atoms with van der Waals surface area (Å²) in [6.07, 6.45) is 1.26. The van der Waals surface area contributed by atoms with Crippen LogP contribution in [0.15, 0.2) is 12.1 Å². The van der Waals surface area contributed by atoms with Crippen LogP contribution in [0, 0.1) is 12.8 Å². The summed E-state index contributed by atoms with van der Waals surface area (Å²) in [6.45, 7) is 11.5. The Labute approximate surface area is 133 Å². The average Bonchev–Trinajstić information content (AvgIpc) is 2.77. The molecule has 0 radical (unpaired) electrons. The lowest BCUT2D eigenvalue weighted by Gasteiger charge is -2.37. The minimum atomic E-state index is 0. The van der Waals surface area contributed by atoms with Gasteiger partial charge in [0.2, 0.25) is 0 Å². The number of thiophene rings is 1. The molecule has 0 amide bonds. The van der Waals surface area contributed by atoms with Crippen molar-refractivity contribution in [3.8, 4) is 0 Å². The third-order valence-corrected chi connectivity index (χ3v) is 4.85. The molecule has 0 aromatic carbocycles. The lowest BCUT2D eigenvalue weighted by atomic mass is 9.95. The normalized spacial score (nSPS) is 19.1. The molecule has 1 aromatic heterocycles. The number of nitrogens with one attached hydrogen (secondary N) is 1. The van der Waals surface area contributed by atoms with Gasteiger partial charge >= 0.3 is 0 Å². The predicted molar refractivity (Wildman–Crippen MR) is 90.2 cm³/mol. The highest BCUT2D eigenvalue weighted by molar-refractivity contribution is 7.12. The van der Waals surface area contributed by atoms with E-state index in [1.807, 2.05) is 11.3 Å². The van der Waals surface area contributed by atoms with E-state index < -0.39 is 0 Å². The molecule has 2 rings (SSSR count). The second-order valence-corrected chi connectivity index (χ2v) is 6.38. The molecule has 112 valence electrons. The third kappa shape index (κ3) is 4.91. The maximum Gasteiger partial charge on any atom is 0.0468 e. The molecule has 2 heterocycles. The summed E-state index contributed by atoms with van der Waals surface area (Å²) in [6, 6.07) is 5.22. The van der Waals surface area contributed by atoms with Gasteiger partial charge < -0.3 is 5.32 Å². The van der Waals surface area contributed by atoms with Crippen LogP contribution >= 0.6 is 36.2 Å². The maximum absolute atomic E-state index is 3.44. The summed E-state index contributed by atoms with van der Waals surface area (Å²) < 4.78 is 0. The van der Waals surface area contributed by atoms with Gasteiger partial charge in [-0.3, -0.25) is 4.90 Å². The Bertz CT molecular complexity index is 351. The maximum atomic E-state index is 3.44. The summed E-state index contributed by atoms with van der Waals surface area (Å²) in [7, 11) is 0. The summed E-state index contributed by atoms with van der Waals surface area (Å²) >= 11 is 1.97. The van der Waals surface area contributed by atoms with E-state index in [1.165, 1.54) is 24.4 Å². The van der Waals surface area contributed by atoms with Crippen molar-refractivity contribution in [2.45, 2.75) is 33.2 Å². The topological polar surface area (TPSA) is 15.3 Å². The van der Waals surface area contributed by atoms with Crippen molar-refractivity contribution in [2.24, 2.45) is 5.92 Å². The van der Waals surface area contributed by atoms with E-state index >= 15 is 0 Å². The third-order valence-electron chi connectivity index (χ3n) is 3.78. The fraction of sp³-hybridized carbons (Fsp3) is 0.714. The SMILES string of the molecule is CCC(C)[C@@H](c1ccc(C)s1)N1CCNCC1.Cl.Cl. The van der Waals surface area contributed by atoms with Crippen LogP contribution in [0.5, 0.6) is 0 Å². The molecule has 1 aromatic rings. The van der Waals surface area contributed by atoms with E-state index in [0.29, 0.717) is 6.04 Å². The molecule has 19 heavy (non-hydrogen) atoms. The smallest absolute Gasteiger partial charge is 0.0468 e. The van der Waals surface area contributed by atoms with E-state index in [9.17, 15) is 0 Å². The average molecular weight is 325 g/mol. The fourth-order valence-corrected chi connectivity index (χ4v) is 3.76. The van der Waals surface area contributed by atoms with E-state index in [-0.39, 0.29) is 24.8 Å². The summed E-state index contributed by atoms with van der Waals surface area (Å²) in [5, 5.41) is 3.44. The molecule has 0 aliphatic carbocycles. The fourth-order valence-electron chi connectivity index (χ4n) is 2.62. The quantitative estimate of drug-likeness (QED) is 0.903. The van der Waals surface area contributed by atoms with Gasteiger partial charge in [0.15, 0.2) is 0 Å². The Morgan fingerprint density at radius 1 is 1.26 bits per heavy atom. The van der Waals surface area contributed by atoms with Crippen LogP contribution in [-0.4, -0.2) is 31.1 Å². The summed E-state index contributed by atoms with van der Waals surface area (Å²) in [5.41, 5.74) is 0. The van der Waals surface area contributed by atoms with Gasteiger partial charge in [-0.1, -0.05) is 20.3 Å². The Hall–Kier alpha value is 0.200. The minimum absolute atomic E-state index is 0. The highest BCUT2D eigenvalue weighted by Gasteiger charge is 2.27. The molecule has 0 saturated carbocycles. The van der Waals surface area contributed by atoms with Gasteiger partial charge in [-0.2, -0.15) is 0 Å².